The predicted octanol–water partition coefficient (Wildman–Crippen LogP) is 2.10. The van der Waals surface area contributed by atoms with Crippen molar-refractivity contribution in [1.29, 1.82) is 0 Å². The van der Waals surface area contributed by atoms with Gasteiger partial charge in [0, 0.05) is 24.0 Å². The third-order valence-electron chi connectivity index (χ3n) is 4.28. The number of thiophene rings is 1. The van der Waals surface area contributed by atoms with Crippen LogP contribution in [-0.4, -0.2) is 50.2 Å². The van der Waals surface area contributed by atoms with Crippen LogP contribution in [0.1, 0.15) is 11.5 Å². The molecule has 3 N–H and O–H groups in total. The minimum Gasteiger partial charge on any atom is -0.400 e. The molecule has 3 rings (SSSR count). The van der Waals surface area contributed by atoms with Gasteiger partial charge < -0.3 is 15.7 Å². The molecule has 7 nitrogen and oxygen atoms in total. The molecule has 1 amide bonds. The molecule has 1 aliphatic heterocycles. The first-order valence-corrected chi connectivity index (χ1v) is 11.3. The summed E-state index contributed by atoms with van der Waals surface area (Å²) in [7, 11) is -3.83. The standard InChI is InChI=1S/C18H18BrN3O4S2/c19-16-6-7-17(27-16)28(25,26)21-8-13-9-22(10-15(13)20)18(24)14(11-23)12-4-2-1-3-5-12/h1-8,14,23H,9-11,20H2/b21-8+/t14-/m1/s1. The molecule has 0 radical (unpaired) electrons. The fourth-order valence-electron chi connectivity index (χ4n) is 2.80. The van der Waals surface area contributed by atoms with E-state index in [1.807, 2.05) is 6.07 Å². The summed E-state index contributed by atoms with van der Waals surface area (Å²) in [6.45, 7) is -0.0282. The average molecular weight is 484 g/mol. The van der Waals surface area contributed by atoms with Crippen LogP contribution in [0.3, 0.4) is 0 Å². The van der Waals surface area contributed by atoms with Crippen molar-refractivity contribution < 1.29 is 18.3 Å². The van der Waals surface area contributed by atoms with Crippen molar-refractivity contribution in [1.82, 2.24) is 4.90 Å². The number of benzene rings is 1. The van der Waals surface area contributed by atoms with E-state index in [1.165, 1.54) is 17.2 Å². The zero-order chi connectivity index (χ0) is 20.3. The van der Waals surface area contributed by atoms with Gasteiger partial charge in [-0.3, -0.25) is 4.79 Å². The molecule has 2 aromatic rings. The van der Waals surface area contributed by atoms with Crippen LogP contribution in [-0.2, 0) is 14.8 Å². The van der Waals surface area contributed by atoms with E-state index in [0.717, 1.165) is 11.3 Å². The molecular formula is C18H18BrN3O4S2. The second-order valence-corrected chi connectivity index (χ2v) is 10.5. The van der Waals surface area contributed by atoms with Crippen molar-refractivity contribution in [2.75, 3.05) is 19.7 Å². The number of aliphatic hydroxyl groups is 1. The molecule has 0 bridgehead atoms. The Morgan fingerprint density at radius 3 is 2.61 bits per heavy atom. The molecule has 0 spiro atoms. The Hall–Kier alpha value is -2.01. The normalized spacial score (nSPS) is 16.1. The Morgan fingerprint density at radius 1 is 1.29 bits per heavy atom. The number of nitrogens with zero attached hydrogens (tertiary/aromatic N) is 2. The highest BCUT2D eigenvalue weighted by Gasteiger charge is 2.30. The Labute approximate surface area is 175 Å². The van der Waals surface area contributed by atoms with Crippen LogP contribution in [0.4, 0.5) is 0 Å². The van der Waals surface area contributed by atoms with Crippen LogP contribution >= 0.6 is 27.3 Å². The summed E-state index contributed by atoms with van der Waals surface area (Å²) in [5.74, 6) is -0.970. The first kappa shape index (κ1) is 20.7. The van der Waals surface area contributed by atoms with Crippen molar-refractivity contribution in [3.05, 3.63) is 63.1 Å². The largest absolute Gasteiger partial charge is 0.400 e. The van der Waals surface area contributed by atoms with E-state index < -0.39 is 15.9 Å². The first-order valence-electron chi connectivity index (χ1n) is 8.29. The van der Waals surface area contributed by atoms with Gasteiger partial charge in [-0.2, -0.15) is 12.8 Å². The lowest BCUT2D eigenvalue weighted by atomic mass is 9.98. The van der Waals surface area contributed by atoms with Crippen molar-refractivity contribution in [2.24, 2.45) is 10.1 Å². The van der Waals surface area contributed by atoms with E-state index in [2.05, 4.69) is 20.3 Å². The molecule has 1 aromatic heterocycles. The summed E-state index contributed by atoms with van der Waals surface area (Å²) in [5, 5.41) is 9.68. The molecule has 2 heterocycles. The second-order valence-electron chi connectivity index (χ2n) is 6.16. The van der Waals surface area contributed by atoms with Crippen molar-refractivity contribution in [3.63, 3.8) is 0 Å². The SMILES string of the molecule is NC1=C(/C=N/S(=O)(=O)c2ccc(Br)s2)CN(C(=O)[C@H](CO)c2ccccc2)C1. The number of nitrogens with two attached hydrogens (primary N) is 1. The first-order chi connectivity index (χ1) is 13.3. The maximum absolute atomic E-state index is 12.8. The summed E-state index contributed by atoms with van der Waals surface area (Å²) >= 11 is 4.29. The highest BCUT2D eigenvalue weighted by molar-refractivity contribution is 9.11. The van der Waals surface area contributed by atoms with E-state index in [1.54, 1.807) is 30.3 Å². The molecular weight excluding hydrogens is 466 g/mol. The highest BCUT2D eigenvalue weighted by Crippen LogP contribution is 2.27. The van der Waals surface area contributed by atoms with Crippen LogP contribution < -0.4 is 5.73 Å². The Morgan fingerprint density at radius 2 is 2.00 bits per heavy atom. The number of aliphatic hydroxyl groups excluding tert-OH is 1. The maximum Gasteiger partial charge on any atom is 0.291 e. The number of hydrogen-bond donors (Lipinski definition) is 2. The summed E-state index contributed by atoms with van der Waals surface area (Å²) in [6, 6.07) is 12.1. The number of sulfonamides is 1. The number of carbonyl (C=O) groups is 1. The molecule has 0 aliphatic carbocycles. The van der Waals surface area contributed by atoms with Crippen molar-refractivity contribution in [2.45, 2.75) is 10.1 Å². The van der Waals surface area contributed by atoms with E-state index in [0.29, 0.717) is 20.6 Å². The monoisotopic (exact) mass is 483 g/mol. The summed E-state index contributed by atoms with van der Waals surface area (Å²) in [5.41, 5.74) is 7.55. The fraction of sp³-hybridized carbons (Fsp3) is 0.222. The van der Waals surface area contributed by atoms with Gasteiger partial charge in [-0.25, -0.2) is 0 Å². The molecule has 0 saturated heterocycles. The van der Waals surface area contributed by atoms with Gasteiger partial charge in [0.15, 0.2) is 0 Å². The van der Waals surface area contributed by atoms with E-state index >= 15 is 0 Å². The number of carbonyl (C=O) groups excluding carboxylic acids is 1. The molecule has 0 unspecified atom stereocenters. The number of rotatable bonds is 6. The molecule has 1 aliphatic rings. The van der Waals surface area contributed by atoms with Gasteiger partial charge in [0.25, 0.3) is 10.0 Å². The Bertz CT molecular complexity index is 1030. The molecule has 28 heavy (non-hydrogen) atoms. The zero-order valence-corrected chi connectivity index (χ0v) is 17.9. The van der Waals surface area contributed by atoms with E-state index in [-0.39, 0.29) is 29.8 Å². The van der Waals surface area contributed by atoms with Gasteiger partial charge in [0.2, 0.25) is 5.91 Å². The van der Waals surface area contributed by atoms with Gasteiger partial charge in [-0.15, -0.1) is 11.3 Å². The third kappa shape index (κ3) is 4.52. The molecule has 1 aromatic carbocycles. The lowest BCUT2D eigenvalue weighted by Gasteiger charge is -2.22. The molecule has 1 atom stereocenters. The quantitative estimate of drug-likeness (QED) is 0.610. The minimum absolute atomic E-state index is 0.116. The van der Waals surface area contributed by atoms with E-state index in [4.69, 9.17) is 5.73 Å². The summed E-state index contributed by atoms with van der Waals surface area (Å²) in [4.78, 5) is 14.3. The van der Waals surface area contributed by atoms with Crippen LogP contribution in [0, 0.1) is 0 Å². The van der Waals surface area contributed by atoms with Gasteiger partial charge in [-0.05, 0) is 33.6 Å². The van der Waals surface area contributed by atoms with Gasteiger partial charge in [0.1, 0.15) is 4.21 Å². The Kier molecular flexibility index (Phi) is 6.33. The van der Waals surface area contributed by atoms with Crippen LogP contribution in [0.15, 0.2) is 66.1 Å². The molecule has 0 saturated carbocycles. The second kappa shape index (κ2) is 8.56. The summed E-state index contributed by atoms with van der Waals surface area (Å²) < 4.78 is 29.1. The van der Waals surface area contributed by atoms with Gasteiger partial charge in [-0.1, -0.05) is 30.3 Å². The smallest absolute Gasteiger partial charge is 0.291 e. The average Bonchev–Trinajstić information content (AvgIpc) is 3.28. The number of halogens is 1. The minimum atomic E-state index is -3.83. The van der Waals surface area contributed by atoms with Crippen LogP contribution in [0.25, 0.3) is 0 Å². The third-order valence-corrected chi connectivity index (χ3v) is 7.61. The zero-order valence-electron chi connectivity index (χ0n) is 14.7. The fourth-order valence-corrected chi connectivity index (χ4v) is 5.67. The van der Waals surface area contributed by atoms with Crippen LogP contribution in [0.2, 0.25) is 0 Å². The lowest BCUT2D eigenvalue weighted by Crippen LogP contribution is -2.36. The van der Waals surface area contributed by atoms with Crippen LogP contribution in [0.5, 0.6) is 0 Å². The number of hydrogen-bond acceptors (Lipinski definition) is 6. The van der Waals surface area contributed by atoms with Gasteiger partial charge in [0.05, 0.1) is 22.9 Å². The molecule has 148 valence electrons. The molecule has 0 fully saturated rings. The topological polar surface area (TPSA) is 113 Å². The molecule has 10 heteroatoms. The Balaban J connectivity index is 1.73. The maximum atomic E-state index is 12.8. The summed E-state index contributed by atoms with van der Waals surface area (Å²) in [6.07, 6.45) is 1.20. The highest BCUT2D eigenvalue weighted by atomic mass is 79.9. The van der Waals surface area contributed by atoms with Gasteiger partial charge >= 0.3 is 0 Å². The lowest BCUT2D eigenvalue weighted by molar-refractivity contribution is -0.132. The number of amides is 1. The van der Waals surface area contributed by atoms with Crippen molar-refractivity contribution >= 4 is 49.4 Å². The van der Waals surface area contributed by atoms with Crippen molar-refractivity contribution in [3.8, 4) is 0 Å². The predicted molar refractivity (Wildman–Crippen MR) is 112 cm³/mol. The van der Waals surface area contributed by atoms with E-state index in [9.17, 15) is 18.3 Å².